The van der Waals surface area contributed by atoms with Crippen molar-refractivity contribution in [3.63, 3.8) is 0 Å². The van der Waals surface area contributed by atoms with Crippen molar-refractivity contribution < 1.29 is 9.47 Å². The minimum Gasteiger partial charge on any atom is -0.497 e. The third-order valence-electron chi connectivity index (χ3n) is 4.03. The van der Waals surface area contributed by atoms with Gasteiger partial charge in [0.25, 0.3) is 0 Å². The second-order valence-electron chi connectivity index (χ2n) is 5.39. The van der Waals surface area contributed by atoms with Crippen LogP contribution >= 0.6 is 0 Å². The highest BCUT2D eigenvalue weighted by molar-refractivity contribution is 5.38. The first kappa shape index (κ1) is 14.0. The second kappa shape index (κ2) is 6.19. The molecule has 2 aromatic rings. The van der Waals surface area contributed by atoms with E-state index in [0.29, 0.717) is 6.04 Å². The van der Waals surface area contributed by atoms with E-state index in [9.17, 15) is 0 Å². The molecule has 1 heterocycles. The molecule has 1 unspecified atom stereocenters. The predicted molar refractivity (Wildman–Crippen MR) is 83.8 cm³/mol. The van der Waals surface area contributed by atoms with E-state index in [-0.39, 0.29) is 6.04 Å². The number of methoxy groups -OCH3 is 1. The van der Waals surface area contributed by atoms with Gasteiger partial charge in [-0.3, -0.25) is 0 Å². The average molecular weight is 283 g/mol. The zero-order chi connectivity index (χ0) is 14.7. The van der Waals surface area contributed by atoms with Crippen LogP contribution in [-0.2, 0) is 0 Å². The minimum absolute atomic E-state index is 0.284. The van der Waals surface area contributed by atoms with Gasteiger partial charge in [0, 0.05) is 24.1 Å². The van der Waals surface area contributed by atoms with E-state index in [2.05, 4.69) is 36.5 Å². The summed E-state index contributed by atoms with van der Waals surface area (Å²) in [6.07, 6.45) is 0.998. The number of nitrogens with one attached hydrogen (secondary N) is 1. The molecule has 0 fully saturated rings. The van der Waals surface area contributed by atoms with E-state index >= 15 is 0 Å². The molecule has 0 amide bonds. The van der Waals surface area contributed by atoms with Gasteiger partial charge in [-0.15, -0.1) is 0 Å². The lowest BCUT2D eigenvalue weighted by atomic mass is 9.98. The summed E-state index contributed by atoms with van der Waals surface area (Å²) in [5, 5.41) is 3.71. The molecule has 110 valence electrons. The molecule has 2 aromatic carbocycles. The molecular weight excluding hydrogens is 262 g/mol. The summed E-state index contributed by atoms with van der Waals surface area (Å²) in [5.41, 5.74) is 2.52. The van der Waals surface area contributed by atoms with Crippen molar-refractivity contribution in [2.75, 3.05) is 13.7 Å². The molecule has 0 spiro atoms. The lowest BCUT2D eigenvalue weighted by Gasteiger charge is -2.29. The monoisotopic (exact) mass is 283 g/mol. The van der Waals surface area contributed by atoms with Gasteiger partial charge in [-0.1, -0.05) is 30.3 Å². The normalized spacial score (nSPS) is 18.5. The number of benzene rings is 2. The lowest BCUT2D eigenvalue weighted by molar-refractivity contribution is 0.246. The van der Waals surface area contributed by atoms with Crippen molar-refractivity contribution in [1.82, 2.24) is 5.32 Å². The third-order valence-corrected chi connectivity index (χ3v) is 4.03. The molecular formula is C18H21NO2. The Labute approximate surface area is 125 Å². The maximum Gasteiger partial charge on any atom is 0.124 e. The van der Waals surface area contributed by atoms with Crippen LogP contribution in [0.5, 0.6) is 11.5 Å². The van der Waals surface area contributed by atoms with E-state index in [1.807, 2.05) is 24.3 Å². The van der Waals surface area contributed by atoms with Crippen LogP contribution in [0.2, 0.25) is 0 Å². The highest BCUT2D eigenvalue weighted by atomic mass is 16.5. The number of rotatable bonds is 4. The molecule has 0 bridgehead atoms. The predicted octanol–water partition coefficient (Wildman–Crippen LogP) is 3.87. The molecule has 1 N–H and O–H groups in total. The van der Waals surface area contributed by atoms with E-state index < -0.39 is 0 Å². The fourth-order valence-electron chi connectivity index (χ4n) is 2.81. The Hall–Kier alpha value is -2.00. The van der Waals surface area contributed by atoms with E-state index in [1.165, 1.54) is 11.1 Å². The number of fused-ring (bicyclic) bond motifs is 1. The number of hydrogen-bond acceptors (Lipinski definition) is 3. The summed E-state index contributed by atoms with van der Waals surface area (Å²) in [7, 11) is 1.69. The largest absolute Gasteiger partial charge is 0.497 e. The zero-order valence-corrected chi connectivity index (χ0v) is 12.5. The summed E-state index contributed by atoms with van der Waals surface area (Å²) in [4.78, 5) is 0. The standard InChI is InChI=1S/C18H21NO2/c1-13(14-7-9-15(20-2)10-8-14)19-17-11-12-21-18-6-4-3-5-16(17)18/h3-10,13,17,19H,11-12H2,1-2H3/t13-,17?/m1/s1. The first-order valence-electron chi connectivity index (χ1n) is 7.39. The average Bonchev–Trinajstić information content (AvgIpc) is 2.55. The maximum atomic E-state index is 5.71. The number of ether oxygens (including phenoxy) is 2. The van der Waals surface area contributed by atoms with Gasteiger partial charge in [0.1, 0.15) is 11.5 Å². The topological polar surface area (TPSA) is 30.5 Å². The van der Waals surface area contributed by atoms with Crippen molar-refractivity contribution in [2.45, 2.75) is 25.4 Å². The van der Waals surface area contributed by atoms with Crippen molar-refractivity contribution in [2.24, 2.45) is 0 Å². The van der Waals surface area contributed by atoms with Crippen molar-refractivity contribution in [1.29, 1.82) is 0 Å². The summed E-state index contributed by atoms with van der Waals surface area (Å²) >= 11 is 0. The van der Waals surface area contributed by atoms with Crippen molar-refractivity contribution >= 4 is 0 Å². The Kier molecular flexibility index (Phi) is 4.11. The Morgan fingerprint density at radius 2 is 1.90 bits per heavy atom. The smallest absolute Gasteiger partial charge is 0.124 e. The van der Waals surface area contributed by atoms with Crippen LogP contribution in [0.1, 0.15) is 36.6 Å². The van der Waals surface area contributed by atoms with Gasteiger partial charge in [-0.2, -0.15) is 0 Å². The quantitative estimate of drug-likeness (QED) is 0.924. The van der Waals surface area contributed by atoms with Crippen LogP contribution in [0.4, 0.5) is 0 Å². The molecule has 1 aliphatic rings. The molecule has 3 heteroatoms. The van der Waals surface area contributed by atoms with Crippen LogP contribution in [0.25, 0.3) is 0 Å². The first-order valence-corrected chi connectivity index (χ1v) is 7.39. The van der Waals surface area contributed by atoms with Crippen LogP contribution in [0.3, 0.4) is 0 Å². The van der Waals surface area contributed by atoms with E-state index in [4.69, 9.17) is 9.47 Å². The fourth-order valence-corrected chi connectivity index (χ4v) is 2.81. The second-order valence-corrected chi connectivity index (χ2v) is 5.39. The highest BCUT2D eigenvalue weighted by Gasteiger charge is 2.22. The molecule has 0 aromatic heterocycles. The maximum absolute atomic E-state index is 5.71. The van der Waals surface area contributed by atoms with Gasteiger partial charge >= 0.3 is 0 Å². The molecule has 1 aliphatic heterocycles. The van der Waals surface area contributed by atoms with Gasteiger partial charge in [-0.05, 0) is 30.7 Å². The lowest BCUT2D eigenvalue weighted by Crippen LogP contribution is -2.29. The Morgan fingerprint density at radius 1 is 1.14 bits per heavy atom. The molecule has 0 saturated heterocycles. The molecule has 21 heavy (non-hydrogen) atoms. The molecule has 0 radical (unpaired) electrons. The molecule has 0 saturated carbocycles. The van der Waals surface area contributed by atoms with Gasteiger partial charge in [0.05, 0.1) is 13.7 Å². The summed E-state index contributed by atoms with van der Waals surface area (Å²) in [5.74, 6) is 1.89. The fraction of sp³-hybridized carbons (Fsp3) is 0.333. The number of hydrogen-bond donors (Lipinski definition) is 1. The Bertz CT molecular complexity index is 594. The van der Waals surface area contributed by atoms with E-state index in [1.54, 1.807) is 7.11 Å². The van der Waals surface area contributed by atoms with Crippen molar-refractivity contribution in [3.8, 4) is 11.5 Å². The molecule has 2 atom stereocenters. The van der Waals surface area contributed by atoms with Crippen LogP contribution in [0.15, 0.2) is 48.5 Å². The SMILES string of the molecule is COc1ccc([C@@H](C)NC2CCOc3ccccc32)cc1. The van der Waals surface area contributed by atoms with Gasteiger partial charge in [0.2, 0.25) is 0 Å². The zero-order valence-electron chi connectivity index (χ0n) is 12.5. The van der Waals surface area contributed by atoms with Crippen LogP contribution in [0, 0.1) is 0 Å². The third kappa shape index (κ3) is 3.03. The summed E-state index contributed by atoms with van der Waals surface area (Å²) in [6, 6.07) is 17.1. The minimum atomic E-state index is 0.284. The first-order chi connectivity index (χ1) is 10.3. The van der Waals surface area contributed by atoms with Crippen LogP contribution in [-0.4, -0.2) is 13.7 Å². The summed E-state index contributed by atoms with van der Waals surface area (Å²) in [6.45, 7) is 2.96. The van der Waals surface area contributed by atoms with Gasteiger partial charge < -0.3 is 14.8 Å². The molecule has 3 rings (SSSR count). The van der Waals surface area contributed by atoms with Gasteiger partial charge in [0.15, 0.2) is 0 Å². The molecule has 3 nitrogen and oxygen atoms in total. The highest BCUT2D eigenvalue weighted by Crippen LogP contribution is 2.33. The van der Waals surface area contributed by atoms with E-state index in [0.717, 1.165) is 24.5 Å². The number of para-hydroxylation sites is 1. The molecule has 0 aliphatic carbocycles. The van der Waals surface area contributed by atoms with Crippen molar-refractivity contribution in [3.05, 3.63) is 59.7 Å². The summed E-state index contributed by atoms with van der Waals surface area (Å²) < 4.78 is 10.9. The Balaban J connectivity index is 1.74. The van der Waals surface area contributed by atoms with Crippen LogP contribution < -0.4 is 14.8 Å². The Morgan fingerprint density at radius 3 is 2.67 bits per heavy atom. The van der Waals surface area contributed by atoms with Gasteiger partial charge in [-0.25, -0.2) is 0 Å².